The van der Waals surface area contributed by atoms with Crippen LogP contribution in [-0.4, -0.2) is 32.1 Å². The number of carbonyl (C=O) groups excluding carboxylic acids is 1. The Balaban J connectivity index is 1.58. The summed E-state index contributed by atoms with van der Waals surface area (Å²) in [5, 5.41) is 21.8. The molecule has 0 aliphatic heterocycles. The lowest BCUT2D eigenvalue weighted by molar-refractivity contribution is -0.384. The van der Waals surface area contributed by atoms with Gasteiger partial charge in [-0.2, -0.15) is 5.10 Å². The van der Waals surface area contributed by atoms with Crippen LogP contribution in [0.15, 0.2) is 42.7 Å². The number of para-hydroxylation sites is 2. The number of nitrogens with one attached hydrogen (secondary N) is 2. The number of nitro benzene ring substituents is 1. The number of benzene rings is 1. The predicted molar refractivity (Wildman–Crippen MR) is 103 cm³/mol. The van der Waals surface area contributed by atoms with E-state index in [4.69, 9.17) is 0 Å². The van der Waals surface area contributed by atoms with Crippen LogP contribution in [0.25, 0.3) is 11.0 Å². The van der Waals surface area contributed by atoms with Crippen LogP contribution in [0.3, 0.4) is 0 Å². The number of anilines is 2. The second-order valence-corrected chi connectivity index (χ2v) is 6.32. The highest BCUT2D eigenvalue weighted by molar-refractivity contribution is 5.92. The topological polar surface area (TPSA) is 115 Å². The average molecular weight is 368 g/mol. The first-order valence-corrected chi connectivity index (χ1v) is 8.56. The molecule has 0 saturated heterocycles. The number of amides is 1. The normalized spacial score (nSPS) is 10.9. The molecule has 1 aromatic carbocycles. The van der Waals surface area contributed by atoms with Gasteiger partial charge in [-0.3, -0.25) is 14.9 Å². The molecule has 9 nitrogen and oxygen atoms in total. The first-order chi connectivity index (χ1) is 13.0. The lowest BCUT2D eigenvalue weighted by Gasteiger charge is -2.09. The van der Waals surface area contributed by atoms with E-state index in [2.05, 4.69) is 20.7 Å². The summed E-state index contributed by atoms with van der Waals surface area (Å²) in [5.41, 5.74) is 1.72. The van der Waals surface area contributed by atoms with E-state index in [-0.39, 0.29) is 30.6 Å². The maximum absolute atomic E-state index is 12.1. The van der Waals surface area contributed by atoms with Gasteiger partial charge in [-0.1, -0.05) is 12.1 Å². The largest absolute Gasteiger partial charge is 0.379 e. The van der Waals surface area contributed by atoms with Crippen LogP contribution in [-0.2, 0) is 4.79 Å². The molecular formula is C18H20N6O3. The maximum Gasteiger partial charge on any atom is 0.292 e. The molecule has 0 radical (unpaired) electrons. The number of nitrogens with zero attached hydrogens (tertiary/aromatic N) is 4. The Bertz CT molecular complexity index is 982. The third kappa shape index (κ3) is 4.20. The first kappa shape index (κ1) is 18.3. The second-order valence-electron chi connectivity index (χ2n) is 6.32. The molecule has 0 aliphatic rings. The number of fused-ring (bicyclic) bond motifs is 1. The van der Waals surface area contributed by atoms with E-state index in [0.717, 1.165) is 11.0 Å². The molecular weight excluding hydrogens is 348 g/mol. The van der Waals surface area contributed by atoms with Gasteiger partial charge in [0.1, 0.15) is 5.69 Å². The molecule has 0 fully saturated rings. The van der Waals surface area contributed by atoms with Crippen molar-refractivity contribution in [1.29, 1.82) is 0 Å². The summed E-state index contributed by atoms with van der Waals surface area (Å²) < 4.78 is 1.82. The fourth-order valence-electron chi connectivity index (χ4n) is 2.70. The SMILES string of the molecule is CC(C)n1ncc2cc(NC(=O)CCNc3ccccc3[N+](=O)[O-])cnc21. The number of hydrogen-bond acceptors (Lipinski definition) is 6. The third-order valence-electron chi connectivity index (χ3n) is 3.97. The van der Waals surface area contributed by atoms with E-state index in [1.165, 1.54) is 6.07 Å². The zero-order valence-electron chi connectivity index (χ0n) is 15.0. The Kier molecular flexibility index (Phi) is 5.30. The molecule has 2 aromatic heterocycles. The first-order valence-electron chi connectivity index (χ1n) is 8.56. The fourth-order valence-corrected chi connectivity index (χ4v) is 2.70. The minimum Gasteiger partial charge on any atom is -0.379 e. The van der Waals surface area contributed by atoms with Gasteiger partial charge in [-0.05, 0) is 26.0 Å². The van der Waals surface area contributed by atoms with Gasteiger partial charge in [0, 0.05) is 30.5 Å². The summed E-state index contributed by atoms with van der Waals surface area (Å²) >= 11 is 0. The Hall–Kier alpha value is -3.49. The molecule has 0 saturated carbocycles. The number of rotatable bonds is 7. The lowest BCUT2D eigenvalue weighted by Crippen LogP contribution is -2.16. The van der Waals surface area contributed by atoms with Crippen molar-refractivity contribution in [2.45, 2.75) is 26.3 Å². The van der Waals surface area contributed by atoms with Crippen molar-refractivity contribution in [2.24, 2.45) is 0 Å². The summed E-state index contributed by atoms with van der Waals surface area (Å²) in [6.07, 6.45) is 3.47. The Morgan fingerprint density at radius 3 is 2.81 bits per heavy atom. The Labute approximate surface area is 155 Å². The van der Waals surface area contributed by atoms with Crippen molar-refractivity contribution in [2.75, 3.05) is 17.2 Å². The number of hydrogen-bond donors (Lipinski definition) is 2. The van der Waals surface area contributed by atoms with Gasteiger partial charge in [-0.15, -0.1) is 0 Å². The van der Waals surface area contributed by atoms with E-state index in [1.54, 1.807) is 30.6 Å². The molecule has 2 heterocycles. The van der Waals surface area contributed by atoms with Crippen LogP contribution in [0.1, 0.15) is 26.3 Å². The highest BCUT2D eigenvalue weighted by Crippen LogP contribution is 2.23. The number of carbonyl (C=O) groups is 1. The molecule has 0 bridgehead atoms. The summed E-state index contributed by atoms with van der Waals surface area (Å²) in [4.78, 5) is 27.0. The zero-order chi connectivity index (χ0) is 19.4. The smallest absolute Gasteiger partial charge is 0.292 e. The van der Waals surface area contributed by atoms with Crippen molar-refractivity contribution in [3.05, 3.63) is 52.8 Å². The van der Waals surface area contributed by atoms with Crippen LogP contribution < -0.4 is 10.6 Å². The van der Waals surface area contributed by atoms with Crippen LogP contribution >= 0.6 is 0 Å². The number of aromatic nitrogens is 3. The molecule has 0 aliphatic carbocycles. The van der Waals surface area contributed by atoms with Gasteiger partial charge in [-0.25, -0.2) is 9.67 Å². The van der Waals surface area contributed by atoms with Gasteiger partial charge >= 0.3 is 0 Å². The van der Waals surface area contributed by atoms with E-state index >= 15 is 0 Å². The minimum atomic E-state index is -0.458. The molecule has 3 aromatic rings. The molecule has 1 amide bonds. The standard InChI is InChI=1S/C18H20N6O3/c1-12(2)23-18-13(10-21-23)9-14(11-20-18)22-17(25)7-8-19-15-5-3-4-6-16(15)24(26)27/h3-6,9-12,19H,7-8H2,1-2H3,(H,22,25). The van der Waals surface area contributed by atoms with Crippen molar-refractivity contribution < 1.29 is 9.72 Å². The van der Waals surface area contributed by atoms with E-state index in [0.29, 0.717) is 11.4 Å². The van der Waals surface area contributed by atoms with Crippen LogP contribution in [0.4, 0.5) is 17.1 Å². The highest BCUT2D eigenvalue weighted by atomic mass is 16.6. The van der Waals surface area contributed by atoms with Gasteiger partial charge < -0.3 is 10.6 Å². The fraction of sp³-hybridized carbons (Fsp3) is 0.278. The van der Waals surface area contributed by atoms with Crippen LogP contribution in [0.5, 0.6) is 0 Å². The summed E-state index contributed by atoms with van der Waals surface area (Å²) in [7, 11) is 0. The molecule has 27 heavy (non-hydrogen) atoms. The van der Waals surface area contributed by atoms with E-state index < -0.39 is 4.92 Å². The molecule has 0 atom stereocenters. The van der Waals surface area contributed by atoms with Crippen molar-refractivity contribution >= 4 is 34.0 Å². The zero-order valence-corrected chi connectivity index (χ0v) is 15.0. The average Bonchev–Trinajstić information content (AvgIpc) is 3.05. The Morgan fingerprint density at radius 1 is 1.30 bits per heavy atom. The molecule has 3 rings (SSSR count). The van der Waals surface area contributed by atoms with Crippen LogP contribution in [0.2, 0.25) is 0 Å². The van der Waals surface area contributed by atoms with Gasteiger partial charge in [0.15, 0.2) is 5.65 Å². The predicted octanol–water partition coefficient (Wildman–Crippen LogP) is 3.36. The molecule has 140 valence electrons. The number of pyridine rings is 1. The molecule has 2 N–H and O–H groups in total. The maximum atomic E-state index is 12.1. The van der Waals surface area contributed by atoms with Gasteiger partial charge in [0.05, 0.1) is 23.0 Å². The minimum absolute atomic E-state index is 0.0188. The van der Waals surface area contributed by atoms with Gasteiger partial charge in [0.2, 0.25) is 5.91 Å². The van der Waals surface area contributed by atoms with Crippen molar-refractivity contribution in [3.63, 3.8) is 0 Å². The summed E-state index contributed by atoms with van der Waals surface area (Å²) in [5.74, 6) is -0.210. The highest BCUT2D eigenvalue weighted by Gasteiger charge is 2.13. The molecule has 0 unspecified atom stereocenters. The number of nitro groups is 1. The van der Waals surface area contributed by atoms with Crippen molar-refractivity contribution in [1.82, 2.24) is 14.8 Å². The van der Waals surface area contributed by atoms with Crippen LogP contribution in [0, 0.1) is 10.1 Å². The van der Waals surface area contributed by atoms with Gasteiger partial charge in [0.25, 0.3) is 5.69 Å². The Morgan fingerprint density at radius 2 is 2.07 bits per heavy atom. The van der Waals surface area contributed by atoms with Crippen molar-refractivity contribution in [3.8, 4) is 0 Å². The quantitative estimate of drug-likeness (QED) is 0.488. The molecule has 0 spiro atoms. The lowest BCUT2D eigenvalue weighted by atomic mass is 10.2. The molecule has 9 heteroatoms. The second kappa shape index (κ2) is 7.81. The summed E-state index contributed by atoms with van der Waals surface area (Å²) in [6, 6.07) is 8.35. The summed E-state index contributed by atoms with van der Waals surface area (Å²) in [6.45, 7) is 4.32. The van der Waals surface area contributed by atoms with E-state index in [1.807, 2.05) is 24.6 Å². The monoisotopic (exact) mass is 368 g/mol. The third-order valence-corrected chi connectivity index (χ3v) is 3.97. The van der Waals surface area contributed by atoms with E-state index in [9.17, 15) is 14.9 Å².